The van der Waals surface area contributed by atoms with Crippen LogP contribution in [-0.4, -0.2) is 36.5 Å². The van der Waals surface area contributed by atoms with Gasteiger partial charge in [-0.3, -0.25) is 13.5 Å². The Bertz CT molecular complexity index is 1760. The Kier molecular flexibility index (Phi) is 4.44. The summed E-state index contributed by atoms with van der Waals surface area (Å²) in [5.41, 5.74) is 5.47. The molecular formula is C26H22N4O3S. The van der Waals surface area contributed by atoms with Crippen molar-refractivity contribution in [2.45, 2.75) is 13.3 Å². The molecule has 0 atom stereocenters. The number of benzene rings is 3. The number of carbonyl (C=O) groups excluding carboxylic acids is 1. The van der Waals surface area contributed by atoms with Gasteiger partial charge in [0.05, 0.1) is 34.2 Å². The van der Waals surface area contributed by atoms with Gasteiger partial charge >= 0.3 is 0 Å². The van der Waals surface area contributed by atoms with Crippen molar-refractivity contribution in [3.8, 4) is 0 Å². The topological polar surface area (TPSA) is 83.8 Å². The van der Waals surface area contributed by atoms with E-state index in [9.17, 15) is 13.2 Å². The van der Waals surface area contributed by atoms with Gasteiger partial charge in [-0.15, -0.1) is 0 Å². The zero-order valence-corrected chi connectivity index (χ0v) is 19.6. The zero-order valence-electron chi connectivity index (χ0n) is 18.7. The van der Waals surface area contributed by atoms with Crippen molar-refractivity contribution in [1.29, 1.82) is 0 Å². The summed E-state index contributed by atoms with van der Waals surface area (Å²) < 4.78 is 27.6. The van der Waals surface area contributed by atoms with Crippen molar-refractivity contribution < 1.29 is 13.2 Å². The fourth-order valence-electron chi connectivity index (χ4n) is 5.00. The molecule has 0 saturated heterocycles. The first-order valence-electron chi connectivity index (χ1n) is 11.0. The van der Waals surface area contributed by atoms with Gasteiger partial charge in [0.1, 0.15) is 5.82 Å². The van der Waals surface area contributed by atoms with E-state index in [1.54, 1.807) is 18.2 Å². The second-order valence-electron chi connectivity index (χ2n) is 8.64. The molecule has 0 bridgehead atoms. The molecule has 34 heavy (non-hydrogen) atoms. The molecule has 0 saturated carbocycles. The van der Waals surface area contributed by atoms with E-state index >= 15 is 0 Å². The molecule has 6 rings (SSSR count). The first kappa shape index (κ1) is 20.7. The van der Waals surface area contributed by atoms with Gasteiger partial charge < -0.3 is 5.32 Å². The minimum Gasteiger partial charge on any atom is -0.320 e. The third kappa shape index (κ3) is 3.06. The highest BCUT2D eigenvalue weighted by molar-refractivity contribution is 7.92. The first-order valence-corrected chi connectivity index (χ1v) is 12.9. The predicted molar refractivity (Wildman–Crippen MR) is 135 cm³/mol. The van der Waals surface area contributed by atoms with Crippen LogP contribution < -0.4 is 9.62 Å². The number of para-hydroxylation sites is 2. The number of anilines is 2. The summed E-state index contributed by atoms with van der Waals surface area (Å²) >= 11 is 0. The van der Waals surface area contributed by atoms with Crippen molar-refractivity contribution >= 4 is 54.6 Å². The van der Waals surface area contributed by atoms with Gasteiger partial charge in [0, 0.05) is 22.9 Å². The van der Waals surface area contributed by atoms with E-state index in [0.29, 0.717) is 24.2 Å². The lowest BCUT2D eigenvalue weighted by atomic mass is 10.1. The largest absolute Gasteiger partial charge is 0.320 e. The molecule has 5 aromatic rings. The lowest BCUT2D eigenvalue weighted by Gasteiger charge is -2.16. The Morgan fingerprint density at radius 1 is 1.00 bits per heavy atom. The standard InChI is InChI=1S/C26H22N4O3S/c1-16-27-21-9-5-3-7-19(21)25-24(20-8-4-6-10-23(20)30(16)25)28-26(31)18-11-12-22-17(15-18)13-14-29(22)34(2,32)33/h3-12,15H,13-14H2,1-2H3,(H,28,31). The van der Waals surface area contributed by atoms with Crippen molar-refractivity contribution in [2.75, 3.05) is 22.4 Å². The average molecular weight is 471 g/mol. The van der Waals surface area contributed by atoms with Gasteiger partial charge in [-0.2, -0.15) is 0 Å². The fourth-order valence-corrected chi connectivity index (χ4v) is 5.95. The summed E-state index contributed by atoms with van der Waals surface area (Å²) in [6.07, 6.45) is 1.78. The maximum atomic E-state index is 13.4. The van der Waals surface area contributed by atoms with Crippen LogP contribution in [0.5, 0.6) is 0 Å². The molecule has 0 unspecified atom stereocenters. The number of aromatic nitrogens is 2. The van der Waals surface area contributed by atoms with E-state index in [0.717, 1.165) is 44.4 Å². The maximum absolute atomic E-state index is 13.4. The first-order chi connectivity index (χ1) is 16.3. The van der Waals surface area contributed by atoms with E-state index in [4.69, 9.17) is 4.98 Å². The van der Waals surface area contributed by atoms with Crippen LogP contribution in [0.1, 0.15) is 21.7 Å². The number of carbonyl (C=O) groups is 1. The molecular weight excluding hydrogens is 448 g/mol. The number of hydrogen-bond donors (Lipinski definition) is 1. The average Bonchev–Trinajstić information content (AvgIpc) is 3.39. The fraction of sp³-hybridized carbons (Fsp3) is 0.154. The third-order valence-electron chi connectivity index (χ3n) is 6.47. The molecule has 0 fully saturated rings. The highest BCUT2D eigenvalue weighted by atomic mass is 32.2. The van der Waals surface area contributed by atoms with Crippen LogP contribution in [0.4, 0.5) is 11.4 Å². The summed E-state index contributed by atoms with van der Waals surface area (Å²) in [7, 11) is -3.34. The molecule has 7 nitrogen and oxygen atoms in total. The lowest BCUT2D eigenvalue weighted by molar-refractivity contribution is 0.102. The minimum absolute atomic E-state index is 0.239. The Morgan fingerprint density at radius 2 is 1.74 bits per heavy atom. The summed E-state index contributed by atoms with van der Waals surface area (Å²) in [5.74, 6) is 0.598. The van der Waals surface area contributed by atoms with Crippen LogP contribution in [0.15, 0.2) is 66.7 Å². The van der Waals surface area contributed by atoms with Crippen LogP contribution in [0.25, 0.3) is 27.3 Å². The molecule has 170 valence electrons. The lowest BCUT2D eigenvalue weighted by Crippen LogP contribution is -2.27. The minimum atomic E-state index is -3.34. The van der Waals surface area contributed by atoms with Crippen LogP contribution >= 0.6 is 0 Å². The number of nitrogens with zero attached hydrogens (tertiary/aromatic N) is 3. The zero-order chi connectivity index (χ0) is 23.6. The van der Waals surface area contributed by atoms with Crippen molar-refractivity contribution in [2.24, 2.45) is 0 Å². The maximum Gasteiger partial charge on any atom is 0.255 e. The Hall–Kier alpha value is -3.91. The van der Waals surface area contributed by atoms with Crippen LogP contribution in [0, 0.1) is 6.92 Å². The van der Waals surface area contributed by atoms with Gasteiger partial charge in [-0.1, -0.05) is 36.4 Å². The number of rotatable bonds is 3. The molecule has 3 aromatic carbocycles. The molecule has 0 aliphatic carbocycles. The molecule has 8 heteroatoms. The number of amides is 1. The van der Waals surface area contributed by atoms with Gasteiger partial charge in [0.2, 0.25) is 10.0 Å². The summed E-state index contributed by atoms with van der Waals surface area (Å²) in [4.78, 5) is 18.2. The quantitative estimate of drug-likeness (QED) is 0.420. The summed E-state index contributed by atoms with van der Waals surface area (Å²) in [6.45, 7) is 2.36. The number of nitrogens with one attached hydrogen (secondary N) is 1. The Balaban J connectivity index is 1.50. The van der Waals surface area contributed by atoms with Crippen molar-refractivity contribution in [3.63, 3.8) is 0 Å². The molecule has 1 amide bonds. The summed E-state index contributed by atoms with van der Waals surface area (Å²) in [6, 6.07) is 21.1. The van der Waals surface area contributed by atoms with Gasteiger partial charge in [0.25, 0.3) is 5.91 Å². The monoisotopic (exact) mass is 470 g/mol. The second-order valence-corrected chi connectivity index (χ2v) is 10.5. The number of aryl methyl sites for hydroxylation is 1. The van der Waals surface area contributed by atoms with Crippen LogP contribution in [0.2, 0.25) is 0 Å². The Morgan fingerprint density at radius 3 is 2.53 bits per heavy atom. The number of hydrogen-bond acceptors (Lipinski definition) is 4. The SMILES string of the molecule is Cc1nc2ccccc2c2c(NC(=O)c3ccc4c(c3)CCN4S(C)(=O)=O)c3ccccc3n12. The van der Waals surface area contributed by atoms with Crippen LogP contribution in [-0.2, 0) is 16.4 Å². The molecule has 2 aromatic heterocycles. The predicted octanol–water partition coefficient (Wildman–Crippen LogP) is 4.52. The molecule has 3 heterocycles. The van der Waals surface area contributed by atoms with E-state index in [1.807, 2.05) is 55.5 Å². The normalized spacial score (nSPS) is 13.6. The Labute approximate surface area is 196 Å². The van der Waals surface area contributed by atoms with E-state index in [2.05, 4.69) is 9.72 Å². The summed E-state index contributed by atoms with van der Waals surface area (Å²) in [5, 5.41) is 5.04. The van der Waals surface area contributed by atoms with E-state index in [-0.39, 0.29) is 5.91 Å². The molecule has 1 aliphatic rings. The van der Waals surface area contributed by atoms with Gasteiger partial charge in [0.15, 0.2) is 0 Å². The van der Waals surface area contributed by atoms with E-state index < -0.39 is 10.0 Å². The third-order valence-corrected chi connectivity index (χ3v) is 7.65. The highest BCUT2D eigenvalue weighted by Crippen LogP contribution is 2.37. The number of sulfonamides is 1. The molecule has 1 aliphatic heterocycles. The molecule has 1 N–H and O–H groups in total. The molecule has 0 radical (unpaired) electrons. The van der Waals surface area contributed by atoms with Gasteiger partial charge in [-0.05, 0) is 49.2 Å². The highest BCUT2D eigenvalue weighted by Gasteiger charge is 2.27. The smallest absolute Gasteiger partial charge is 0.255 e. The second kappa shape index (κ2) is 7.30. The molecule has 0 spiro atoms. The van der Waals surface area contributed by atoms with E-state index in [1.165, 1.54) is 10.6 Å². The van der Waals surface area contributed by atoms with Gasteiger partial charge in [-0.25, -0.2) is 13.4 Å². The van der Waals surface area contributed by atoms with Crippen molar-refractivity contribution in [3.05, 3.63) is 83.7 Å². The van der Waals surface area contributed by atoms with Crippen LogP contribution in [0.3, 0.4) is 0 Å². The number of fused-ring (bicyclic) bond motifs is 6. The van der Waals surface area contributed by atoms with Crippen molar-refractivity contribution in [1.82, 2.24) is 9.38 Å².